The van der Waals surface area contributed by atoms with Crippen molar-refractivity contribution in [3.63, 3.8) is 0 Å². The summed E-state index contributed by atoms with van der Waals surface area (Å²) in [4.78, 5) is 27.8. The monoisotopic (exact) mass is 358 g/mol. The summed E-state index contributed by atoms with van der Waals surface area (Å²) in [6, 6.07) is 7.77. The van der Waals surface area contributed by atoms with E-state index in [4.69, 9.17) is 9.47 Å². The first kappa shape index (κ1) is 17.5. The van der Waals surface area contributed by atoms with Gasteiger partial charge in [0, 0.05) is 31.6 Å². The lowest BCUT2D eigenvalue weighted by molar-refractivity contribution is -0.188. The number of ether oxygens (including phenoxy) is 2. The van der Waals surface area contributed by atoms with Crippen molar-refractivity contribution in [1.82, 2.24) is 4.90 Å². The fourth-order valence-electron chi connectivity index (χ4n) is 3.99. The zero-order valence-electron chi connectivity index (χ0n) is 15.3. The third-order valence-corrected chi connectivity index (χ3v) is 5.87. The molecule has 140 valence electrons. The third kappa shape index (κ3) is 3.01. The Morgan fingerprint density at radius 3 is 2.35 bits per heavy atom. The molecule has 3 fully saturated rings. The Balaban J connectivity index is 1.42. The minimum atomic E-state index is -0.886. The maximum atomic E-state index is 13.1. The minimum absolute atomic E-state index is 0.0446. The molecule has 2 amide bonds. The van der Waals surface area contributed by atoms with Gasteiger partial charge in [0.25, 0.3) is 0 Å². The number of anilines is 1. The molecule has 1 N–H and O–H groups in total. The molecule has 2 saturated heterocycles. The Labute approximate surface area is 153 Å². The van der Waals surface area contributed by atoms with Gasteiger partial charge in [0.2, 0.25) is 11.8 Å². The second-order valence-electron chi connectivity index (χ2n) is 7.45. The molecule has 1 aliphatic carbocycles. The topological polar surface area (TPSA) is 67.9 Å². The number of para-hydroxylation sites is 1. The summed E-state index contributed by atoms with van der Waals surface area (Å²) in [5.74, 6) is -0.718. The molecular weight excluding hydrogens is 332 g/mol. The molecule has 1 spiro atoms. The molecule has 1 saturated carbocycles. The van der Waals surface area contributed by atoms with E-state index < -0.39 is 11.2 Å². The highest BCUT2D eigenvalue weighted by atomic mass is 16.7. The third-order valence-electron chi connectivity index (χ3n) is 5.87. The van der Waals surface area contributed by atoms with Crippen LogP contribution >= 0.6 is 0 Å². The minimum Gasteiger partial charge on any atom is -0.347 e. The molecule has 6 nitrogen and oxygen atoms in total. The van der Waals surface area contributed by atoms with Crippen LogP contribution in [-0.4, -0.2) is 48.8 Å². The van der Waals surface area contributed by atoms with Gasteiger partial charge in [0.05, 0.1) is 13.2 Å². The van der Waals surface area contributed by atoms with E-state index in [1.54, 1.807) is 0 Å². The van der Waals surface area contributed by atoms with Crippen LogP contribution < -0.4 is 5.32 Å². The number of amides is 2. The van der Waals surface area contributed by atoms with E-state index in [9.17, 15) is 9.59 Å². The molecule has 2 heterocycles. The number of likely N-dealkylation sites (tertiary alicyclic amines) is 1. The Bertz CT molecular complexity index is 698. The maximum absolute atomic E-state index is 13.1. The van der Waals surface area contributed by atoms with E-state index in [1.165, 1.54) is 0 Å². The number of carbonyl (C=O) groups excluding carboxylic acids is 2. The summed E-state index contributed by atoms with van der Waals surface area (Å²) in [5.41, 5.74) is 1.01. The molecular formula is C20H26N2O4. The van der Waals surface area contributed by atoms with Crippen LogP contribution in [0.3, 0.4) is 0 Å². The Kier molecular flexibility index (Phi) is 4.49. The number of hydrogen-bond donors (Lipinski definition) is 1. The van der Waals surface area contributed by atoms with Gasteiger partial charge >= 0.3 is 0 Å². The van der Waals surface area contributed by atoms with Gasteiger partial charge < -0.3 is 19.7 Å². The van der Waals surface area contributed by atoms with Gasteiger partial charge in [-0.05, 0) is 30.9 Å². The quantitative estimate of drug-likeness (QED) is 0.839. The first-order chi connectivity index (χ1) is 12.6. The van der Waals surface area contributed by atoms with Crippen LogP contribution in [-0.2, 0) is 25.5 Å². The zero-order valence-corrected chi connectivity index (χ0v) is 15.3. The molecule has 2 aliphatic heterocycles. The number of carbonyl (C=O) groups is 2. The number of hydrogen-bond acceptors (Lipinski definition) is 4. The highest BCUT2D eigenvalue weighted by Gasteiger charge is 2.58. The van der Waals surface area contributed by atoms with Crippen molar-refractivity contribution < 1.29 is 19.1 Å². The van der Waals surface area contributed by atoms with Crippen LogP contribution in [0, 0.1) is 5.41 Å². The van der Waals surface area contributed by atoms with Crippen molar-refractivity contribution in [3.8, 4) is 0 Å². The molecule has 1 aromatic carbocycles. The summed E-state index contributed by atoms with van der Waals surface area (Å²) < 4.78 is 11.4. The normalized spacial score (nSPS) is 23.0. The molecule has 0 radical (unpaired) electrons. The number of rotatable bonds is 4. The lowest BCUT2D eigenvalue weighted by atomic mass is 9.98. The van der Waals surface area contributed by atoms with Crippen LogP contribution in [0.4, 0.5) is 5.69 Å². The molecule has 0 aromatic heterocycles. The molecule has 0 atom stereocenters. The van der Waals surface area contributed by atoms with Crippen LogP contribution in [0.15, 0.2) is 24.3 Å². The maximum Gasteiger partial charge on any atom is 0.240 e. The summed E-state index contributed by atoms with van der Waals surface area (Å²) in [5, 5.41) is 3.00. The fraction of sp³-hybridized carbons (Fsp3) is 0.600. The zero-order chi connectivity index (χ0) is 18.2. The van der Waals surface area contributed by atoms with Crippen molar-refractivity contribution in [3.05, 3.63) is 29.8 Å². The average Bonchev–Trinajstić information content (AvgIpc) is 3.37. The van der Waals surface area contributed by atoms with Crippen LogP contribution in [0.25, 0.3) is 0 Å². The highest BCUT2D eigenvalue weighted by molar-refractivity contribution is 6.13. The lowest BCUT2D eigenvalue weighted by Gasteiger charge is -2.38. The predicted molar refractivity (Wildman–Crippen MR) is 96.6 cm³/mol. The van der Waals surface area contributed by atoms with Crippen LogP contribution in [0.5, 0.6) is 0 Å². The standard InChI is InChI=1S/C20H26N2O4/c1-2-15-5-3-4-6-16(15)21-17(23)19(7-8-19)18(24)22-11-9-20(10-12-22)25-13-14-26-20/h3-6H,2,7-14H2,1H3,(H,21,23). The van der Waals surface area contributed by atoms with Gasteiger partial charge in [0.1, 0.15) is 5.41 Å². The average molecular weight is 358 g/mol. The number of nitrogens with zero attached hydrogens (tertiary/aromatic N) is 1. The Morgan fingerprint density at radius 2 is 1.73 bits per heavy atom. The summed E-state index contributed by atoms with van der Waals surface area (Å²) >= 11 is 0. The van der Waals surface area contributed by atoms with Crippen molar-refractivity contribution in [2.45, 2.75) is 44.8 Å². The van der Waals surface area contributed by atoms with Gasteiger partial charge in [-0.1, -0.05) is 25.1 Å². The molecule has 1 aromatic rings. The molecule has 3 aliphatic rings. The number of aryl methyl sites for hydroxylation is 1. The summed E-state index contributed by atoms with van der Waals surface area (Å²) in [6.45, 7) is 4.47. The molecule has 4 rings (SSSR count). The fourth-order valence-corrected chi connectivity index (χ4v) is 3.99. The van der Waals surface area contributed by atoms with E-state index in [0.717, 1.165) is 17.7 Å². The van der Waals surface area contributed by atoms with Crippen molar-refractivity contribution in [2.24, 2.45) is 5.41 Å². The molecule has 6 heteroatoms. The van der Waals surface area contributed by atoms with Gasteiger partial charge in [0.15, 0.2) is 5.79 Å². The van der Waals surface area contributed by atoms with Gasteiger partial charge in [-0.3, -0.25) is 9.59 Å². The van der Waals surface area contributed by atoms with E-state index in [0.29, 0.717) is 52.0 Å². The van der Waals surface area contributed by atoms with E-state index in [1.807, 2.05) is 29.2 Å². The Morgan fingerprint density at radius 1 is 1.08 bits per heavy atom. The Hall–Kier alpha value is -1.92. The van der Waals surface area contributed by atoms with Crippen LogP contribution in [0.1, 0.15) is 38.2 Å². The molecule has 0 bridgehead atoms. The second kappa shape index (κ2) is 6.67. The van der Waals surface area contributed by atoms with Gasteiger partial charge in [-0.15, -0.1) is 0 Å². The smallest absolute Gasteiger partial charge is 0.240 e. The first-order valence-electron chi connectivity index (χ1n) is 9.55. The highest BCUT2D eigenvalue weighted by Crippen LogP contribution is 2.49. The SMILES string of the molecule is CCc1ccccc1NC(=O)C1(C(=O)N2CCC3(CC2)OCCO3)CC1. The van der Waals surface area contributed by atoms with Crippen molar-refractivity contribution in [2.75, 3.05) is 31.6 Å². The molecule has 26 heavy (non-hydrogen) atoms. The van der Waals surface area contributed by atoms with E-state index >= 15 is 0 Å². The van der Waals surface area contributed by atoms with Gasteiger partial charge in [-0.2, -0.15) is 0 Å². The number of benzene rings is 1. The van der Waals surface area contributed by atoms with E-state index in [-0.39, 0.29) is 11.8 Å². The lowest BCUT2D eigenvalue weighted by Crippen LogP contribution is -2.51. The van der Waals surface area contributed by atoms with Crippen LogP contribution in [0.2, 0.25) is 0 Å². The predicted octanol–water partition coefficient (Wildman–Crippen LogP) is 2.33. The van der Waals surface area contributed by atoms with Crippen molar-refractivity contribution >= 4 is 17.5 Å². The summed E-state index contributed by atoms with van der Waals surface area (Å²) in [7, 11) is 0. The largest absolute Gasteiger partial charge is 0.347 e. The van der Waals surface area contributed by atoms with E-state index in [2.05, 4.69) is 12.2 Å². The number of nitrogens with one attached hydrogen (secondary N) is 1. The summed E-state index contributed by atoms with van der Waals surface area (Å²) in [6.07, 6.45) is 3.44. The number of piperidine rings is 1. The van der Waals surface area contributed by atoms with Crippen molar-refractivity contribution in [1.29, 1.82) is 0 Å². The van der Waals surface area contributed by atoms with Gasteiger partial charge in [-0.25, -0.2) is 0 Å². The second-order valence-corrected chi connectivity index (χ2v) is 7.45. The first-order valence-corrected chi connectivity index (χ1v) is 9.55. The molecule has 0 unspecified atom stereocenters.